The van der Waals surface area contributed by atoms with Crippen molar-refractivity contribution in [3.63, 3.8) is 0 Å². The minimum atomic E-state index is -0.971. The lowest BCUT2D eigenvalue weighted by molar-refractivity contribution is -0.138. The molecule has 3 rings (SSSR count). The Labute approximate surface area is 132 Å². The largest absolute Gasteiger partial charge is 0.480 e. The number of carboxylic acid groups (broad SMARTS) is 1. The lowest BCUT2D eigenvalue weighted by atomic mass is 10.2. The Hall–Kier alpha value is -2.38. The van der Waals surface area contributed by atoms with E-state index in [1.165, 1.54) is 4.90 Å². The van der Waals surface area contributed by atoms with E-state index in [0.29, 0.717) is 5.58 Å². The van der Waals surface area contributed by atoms with E-state index in [4.69, 9.17) is 9.52 Å². The molecule has 0 aliphatic carbocycles. The summed E-state index contributed by atoms with van der Waals surface area (Å²) in [6, 6.07) is 8.61. The summed E-state index contributed by atoms with van der Waals surface area (Å²) in [5.41, 5.74) is 0.634. The number of benzene rings is 1. The van der Waals surface area contributed by atoms with Gasteiger partial charge in [0.1, 0.15) is 5.58 Å². The van der Waals surface area contributed by atoms with Gasteiger partial charge in [0.2, 0.25) is 0 Å². The Kier molecular flexibility index (Phi) is 4.06. The van der Waals surface area contributed by atoms with Gasteiger partial charge < -0.3 is 19.5 Å². The van der Waals surface area contributed by atoms with E-state index < -0.39 is 18.1 Å². The Balaban J connectivity index is 1.74. The molecular weight excluding hydrogens is 300 g/mol. The van der Waals surface area contributed by atoms with E-state index in [1.807, 2.05) is 18.2 Å². The zero-order valence-electron chi connectivity index (χ0n) is 12.7. The minimum Gasteiger partial charge on any atom is -0.480 e. The number of furan rings is 1. The van der Waals surface area contributed by atoms with E-state index in [1.54, 1.807) is 24.1 Å². The Bertz CT molecular complexity index is 708. The number of aliphatic hydroxyl groups is 1. The molecule has 0 spiro atoms. The molecule has 7 heteroatoms. The molecule has 0 radical (unpaired) electrons. The highest BCUT2D eigenvalue weighted by atomic mass is 16.4. The fraction of sp³-hybridized carbons (Fsp3) is 0.375. The summed E-state index contributed by atoms with van der Waals surface area (Å²) in [5, 5.41) is 19.8. The molecule has 1 aromatic carbocycles. The lowest BCUT2D eigenvalue weighted by Crippen LogP contribution is -2.43. The van der Waals surface area contributed by atoms with Crippen molar-refractivity contribution >= 4 is 22.8 Å². The van der Waals surface area contributed by atoms with E-state index in [-0.39, 0.29) is 31.3 Å². The van der Waals surface area contributed by atoms with Gasteiger partial charge in [-0.2, -0.15) is 0 Å². The number of carboxylic acids is 1. The van der Waals surface area contributed by atoms with Crippen molar-refractivity contribution in [1.29, 1.82) is 0 Å². The number of amides is 1. The highest BCUT2D eigenvalue weighted by Gasteiger charge is 2.38. The molecule has 1 aliphatic heterocycles. The monoisotopic (exact) mass is 318 g/mol. The second-order valence-electron chi connectivity index (χ2n) is 5.80. The highest BCUT2D eigenvalue weighted by molar-refractivity contribution is 5.96. The van der Waals surface area contributed by atoms with Gasteiger partial charge in [-0.25, -0.2) is 0 Å². The number of carbonyl (C=O) groups is 2. The predicted octanol–water partition coefficient (Wildman–Crippen LogP) is 0.634. The van der Waals surface area contributed by atoms with Crippen molar-refractivity contribution in [1.82, 2.24) is 9.80 Å². The predicted molar refractivity (Wildman–Crippen MR) is 82.2 cm³/mol. The van der Waals surface area contributed by atoms with Crippen LogP contribution in [0.3, 0.4) is 0 Å². The average molecular weight is 318 g/mol. The molecular formula is C16H18N2O5. The number of para-hydroxylation sites is 1. The number of fused-ring (bicyclic) bond motifs is 1. The van der Waals surface area contributed by atoms with Crippen molar-refractivity contribution in [2.75, 3.05) is 26.7 Å². The summed E-state index contributed by atoms with van der Waals surface area (Å²) in [6.07, 6.45) is -0.785. The molecule has 1 fully saturated rings. The Morgan fingerprint density at radius 3 is 2.78 bits per heavy atom. The number of hydrogen-bond donors (Lipinski definition) is 2. The van der Waals surface area contributed by atoms with Gasteiger partial charge in [-0.15, -0.1) is 0 Å². The molecule has 0 saturated carbocycles. The number of likely N-dealkylation sites (N-methyl/N-ethyl adjacent to an activating group) is 1. The molecule has 2 aromatic rings. The molecule has 0 bridgehead atoms. The van der Waals surface area contributed by atoms with E-state index >= 15 is 0 Å². The number of nitrogens with zero attached hydrogens (tertiary/aromatic N) is 2. The van der Waals surface area contributed by atoms with Crippen molar-refractivity contribution < 1.29 is 24.2 Å². The molecule has 1 amide bonds. The summed E-state index contributed by atoms with van der Waals surface area (Å²) in [4.78, 5) is 26.4. The summed E-state index contributed by atoms with van der Waals surface area (Å²) in [7, 11) is 1.62. The number of rotatable bonds is 4. The maximum Gasteiger partial charge on any atom is 0.317 e. The van der Waals surface area contributed by atoms with Crippen LogP contribution < -0.4 is 0 Å². The third-order valence-electron chi connectivity index (χ3n) is 4.13. The Morgan fingerprint density at radius 1 is 1.35 bits per heavy atom. The third kappa shape index (κ3) is 3.06. The number of hydrogen-bond acceptors (Lipinski definition) is 5. The van der Waals surface area contributed by atoms with Crippen molar-refractivity contribution in [2.45, 2.75) is 12.1 Å². The first-order valence-electron chi connectivity index (χ1n) is 7.33. The molecule has 0 unspecified atom stereocenters. The molecule has 23 heavy (non-hydrogen) atoms. The molecule has 122 valence electrons. The first-order chi connectivity index (χ1) is 11.0. The zero-order valence-corrected chi connectivity index (χ0v) is 12.7. The normalized spacial score (nSPS) is 21.3. The van der Waals surface area contributed by atoms with Crippen molar-refractivity contribution in [3.8, 4) is 0 Å². The minimum absolute atomic E-state index is 0.157. The smallest absolute Gasteiger partial charge is 0.317 e. The number of aliphatic carboxylic acids is 1. The second kappa shape index (κ2) is 6.02. The first-order valence-corrected chi connectivity index (χ1v) is 7.33. The van der Waals surface area contributed by atoms with Gasteiger partial charge in [0.25, 0.3) is 5.91 Å². The van der Waals surface area contributed by atoms with Gasteiger partial charge in [0.05, 0.1) is 18.7 Å². The second-order valence-corrected chi connectivity index (χ2v) is 5.80. The third-order valence-corrected chi connectivity index (χ3v) is 4.13. The van der Waals surface area contributed by atoms with Crippen LogP contribution in [0.5, 0.6) is 0 Å². The average Bonchev–Trinajstić information content (AvgIpc) is 3.09. The van der Waals surface area contributed by atoms with E-state index in [2.05, 4.69) is 0 Å². The maximum absolute atomic E-state index is 12.5. The van der Waals surface area contributed by atoms with Gasteiger partial charge in [-0.05, 0) is 19.2 Å². The van der Waals surface area contributed by atoms with Crippen molar-refractivity contribution in [3.05, 3.63) is 36.1 Å². The number of carbonyl (C=O) groups excluding carboxylic acids is 1. The first kappa shape index (κ1) is 15.5. The van der Waals surface area contributed by atoms with Crippen LogP contribution in [0, 0.1) is 0 Å². The zero-order chi connectivity index (χ0) is 16.6. The van der Waals surface area contributed by atoms with Gasteiger partial charge in [0.15, 0.2) is 5.76 Å². The van der Waals surface area contributed by atoms with Crippen LogP contribution in [-0.4, -0.2) is 70.7 Å². The molecule has 2 heterocycles. The molecule has 2 N–H and O–H groups in total. The van der Waals surface area contributed by atoms with Gasteiger partial charge in [-0.1, -0.05) is 18.2 Å². The summed E-state index contributed by atoms with van der Waals surface area (Å²) >= 11 is 0. The van der Waals surface area contributed by atoms with Crippen molar-refractivity contribution in [2.24, 2.45) is 0 Å². The summed E-state index contributed by atoms with van der Waals surface area (Å²) < 4.78 is 5.56. The number of β-amino-alcohol motifs (C(OH)–C–C–N with tert-alkyl or cyclic N) is 1. The van der Waals surface area contributed by atoms with Crippen LogP contribution in [0.15, 0.2) is 34.7 Å². The van der Waals surface area contributed by atoms with Crippen LogP contribution in [0.2, 0.25) is 0 Å². The molecule has 7 nitrogen and oxygen atoms in total. The molecule has 2 atom stereocenters. The fourth-order valence-electron chi connectivity index (χ4n) is 2.94. The summed E-state index contributed by atoms with van der Waals surface area (Å²) in [6.45, 7) is 0.236. The molecule has 1 aliphatic rings. The topological polar surface area (TPSA) is 94.2 Å². The quantitative estimate of drug-likeness (QED) is 0.859. The van der Waals surface area contributed by atoms with E-state index in [0.717, 1.165) is 5.39 Å². The molecule has 1 saturated heterocycles. The Morgan fingerprint density at radius 2 is 2.09 bits per heavy atom. The van der Waals surface area contributed by atoms with Gasteiger partial charge in [-0.3, -0.25) is 14.5 Å². The van der Waals surface area contributed by atoms with Crippen LogP contribution >= 0.6 is 0 Å². The maximum atomic E-state index is 12.5. The standard InChI is InChI=1S/C16H18N2O5/c1-17(9-15(20)21)11-7-18(8-12(11)19)16(22)14-6-10-4-2-3-5-13(10)23-14/h2-6,11-12,19H,7-9H2,1H3,(H,20,21)/t11-,12+/m0/s1. The summed E-state index contributed by atoms with van der Waals surface area (Å²) in [5.74, 6) is -1.05. The van der Waals surface area contributed by atoms with Crippen LogP contribution in [0.4, 0.5) is 0 Å². The van der Waals surface area contributed by atoms with Gasteiger partial charge >= 0.3 is 5.97 Å². The van der Waals surface area contributed by atoms with E-state index in [9.17, 15) is 14.7 Å². The van der Waals surface area contributed by atoms with Crippen LogP contribution in [0.25, 0.3) is 11.0 Å². The van der Waals surface area contributed by atoms with Crippen LogP contribution in [0.1, 0.15) is 10.6 Å². The SMILES string of the molecule is CN(CC(=O)O)[C@H]1CN(C(=O)c2cc3ccccc3o2)C[C@H]1O. The van der Waals surface area contributed by atoms with Gasteiger partial charge in [0, 0.05) is 18.5 Å². The highest BCUT2D eigenvalue weighted by Crippen LogP contribution is 2.23. The lowest BCUT2D eigenvalue weighted by Gasteiger charge is -2.24. The number of aliphatic hydroxyl groups excluding tert-OH is 1. The number of likely N-dealkylation sites (tertiary alicyclic amines) is 1. The fourth-order valence-corrected chi connectivity index (χ4v) is 2.94. The van der Waals surface area contributed by atoms with Crippen LogP contribution in [-0.2, 0) is 4.79 Å². The molecule has 1 aromatic heterocycles.